The van der Waals surface area contributed by atoms with Gasteiger partial charge in [0.25, 0.3) is 0 Å². The number of ether oxygens (including phenoxy) is 1. The number of aryl methyl sites for hydroxylation is 1. The van der Waals surface area contributed by atoms with Crippen LogP contribution in [-0.4, -0.2) is 37.7 Å². The quantitative estimate of drug-likeness (QED) is 0.784. The van der Waals surface area contributed by atoms with Crippen LogP contribution in [0.1, 0.15) is 30.0 Å². The molecule has 128 valence electrons. The molecular weight excluding hydrogens is 296 g/mol. The van der Waals surface area contributed by atoms with E-state index in [9.17, 15) is 0 Å². The molecule has 0 unspecified atom stereocenters. The van der Waals surface area contributed by atoms with Crippen LogP contribution < -0.4 is 10.1 Å². The van der Waals surface area contributed by atoms with Crippen molar-refractivity contribution in [1.29, 1.82) is 0 Å². The number of rotatable bonds is 7. The minimum Gasteiger partial charge on any atom is -0.493 e. The number of likely N-dealkylation sites (tertiary alicyclic amines) is 1. The van der Waals surface area contributed by atoms with E-state index in [-0.39, 0.29) is 0 Å². The Bertz CT molecular complexity index is 629. The third-order valence-corrected chi connectivity index (χ3v) is 4.87. The molecule has 3 rings (SSSR count). The van der Waals surface area contributed by atoms with Gasteiger partial charge >= 0.3 is 0 Å². The van der Waals surface area contributed by atoms with Gasteiger partial charge < -0.3 is 10.1 Å². The molecule has 1 aliphatic heterocycles. The molecule has 2 aromatic rings. The Morgan fingerprint density at radius 2 is 1.83 bits per heavy atom. The molecule has 0 spiro atoms. The first-order valence-corrected chi connectivity index (χ1v) is 8.92. The van der Waals surface area contributed by atoms with Gasteiger partial charge in [0, 0.05) is 18.6 Å². The van der Waals surface area contributed by atoms with Gasteiger partial charge in [-0.05, 0) is 50.6 Å². The molecule has 24 heavy (non-hydrogen) atoms. The Labute approximate surface area is 145 Å². The van der Waals surface area contributed by atoms with Gasteiger partial charge in [0.05, 0.1) is 6.61 Å². The number of para-hydroxylation sites is 1. The van der Waals surface area contributed by atoms with Gasteiger partial charge in [0.15, 0.2) is 0 Å². The lowest BCUT2D eigenvalue weighted by Crippen LogP contribution is -2.35. The molecule has 1 fully saturated rings. The summed E-state index contributed by atoms with van der Waals surface area (Å²) in [4.78, 5) is 2.46. The summed E-state index contributed by atoms with van der Waals surface area (Å²) in [5.41, 5.74) is 2.61. The Hall–Kier alpha value is -1.84. The lowest BCUT2D eigenvalue weighted by molar-refractivity contribution is 0.275. The van der Waals surface area contributed by atoms with Gasteiger partial charge in [-0.1, -0.05) is 48.5 Å². The number of hydrogen-bond donors (Lipinski definition) is 1. The van der Waals surface area contributed by atoms with Crippen LogP contribution in [0.3, 0.4) is 0 Å². The third-order valence-electron chi connectivity index (χ3n) is 4.87. The first-order chi connectivity index (χ1) is 11.8. The first-order valence-electron chi connectivity index (χ1n) is 8.92. The van der Waals surface area contributed by atoms with Crippen molar-refractivity contribution < 1.29 is 4.74 Å². The van der Waals surface area contributed by atoms with Gasteiger partial charge in [-0.2, -0.15) is 0 Å². The Balaban J connectivity index is 1.45. The number of nitrogens with zero attached hydrogens (tertiary/aromatic N) is 1. The topological polar surface area (TPSA) is 24.5 Å². The Morgan fingerprint density at radius 3 is 2.62 bits per heavy atom. The van der Waals surface area contributed by atoms with Gasteiger partial charge in [0.1, 0.15) is 5.75 Å². The van der Waals surface area contributed by atoms with Crippen molar-refractivity contribution in [3.05, 3.63) is 65.7 Å². The summed E-state index contributed by atoms with van der Waals surface area (Å²) in [5.74, 6) is 1.00. The molecule has 1 heterocycles. The summed E-state index contributed by atoms with van der Waals surface area (Å²) in [6, 6.07) is 20.0. The number of hydrogen-bond acceptors (Lipinski definition) is 3. The maximum absolute atomic E-state index is 5.88. The summed E-state index contributed by atoms with van der Waals surface area (Å²) in [6.45, 7) is 4.99. The zero-order chi connectivity index (χ0) is 16.8. The maximum atomic E-state index is 5.88. The van der Waals surface area contributed by atoms with Crippen molar-refractivity contribution >= 4 is 0 Å². The van der Waals surface area contributed by atoms with E-state index in [0.717, 1.165) is 31.9 Å². The van der Waals surface area contributed by atoms with E-state index in [1.54, 1.807) is 0 Å². The van der Waals surface area contributed by atoms with E-state index in [1.165, 1.54) is 17.5 Å². The fourth-order valence-corrected chi connectivity index (χ4v) is 3.56. The lowest BCUT2D eigenvalue weighted by atomic mass is 10.0. The highest BCUT2D eigenvalue weighted by atomic mass is 16.5. The van der Waals surface area contributed by atoms with Crippen molar-refractivity contribution in [2.24, 2.45) is 0 Å². The molecule has 1 N–H and O–H groups in total. The zero-order valence-electron chi connectivity index (χ0n) is 14.7. The highest BCUT2D eigenvalue weighted by Gasteiger charge is 2.32. The summed E-state index contributed by atoms with van der Waals surface area (Å²) in [7, 11) is 2.22. The lowest BCUT2D eigenvalue weighted by Gasteiger charge is -2.26. The smallest absolute Gasteiger partial charge is 0.122 e. The van der Waals surface area contributed by atoms with Crippen LogP contribution in [0.25, 0.3) is 0 Å². The molecule has 3 nitrogen and oxygen atoms in total. The van der Waals surface area contributed by atoms with Crippen LogP contribution in [0.5, 0.6) is 5.75 Å². The first kappa shape index (κ1) is 17.0. The molecule has 0 bridgehead atoms. The molecule has 3 heteroatoms. The summed E-state index contributed by atoms with van der Waals surface area (Å²) < 4.78 is 5.88. The predicted molar refractivity (Wildman–Crippen MR) is 99.5 cm³/mol. The minimum atomic E-state index is 0.475. The van der Waals surface area contributed by atoms with E-state index in [0.29, 0.717) is 12.1 Å². The van der Waals surface area contributed by atoms with Crippen LogP contribution in [-0.2, 0) is 0 Å². The van der Waals surface area contributed by atoms with E-state index < -0.39 is 0 Å². The monoisotopic (exact) mass is 324 g/mol. The molecule has 0 amide bonds. The van der Waals surface area contributed by atoms with Crippen LogP contribution in [0.2, 0.25) is 0 Å². The van der Waals surface area contributed by atoms with E-state index in [4.69, 9.17) is 4.74 Å². The molecule has 2 atom stereocenters. The van der Waals surface area contributed by atoms with Crippen molar-refractivity contribution in [2.75, 3.05) is 26.7 Å². The zero-order valence-corrected chi connectivity index (χ0v) is 14.7. The standard InChI is InChI=1S/C21H28N2O/c1-17-9-6-7-12-20(17)24-16-8-14-22-19-13-15-23(2)21(19)18-10-4-3-5-11-18/h3-7,9-12,19,21-22H,8,13-16H2,1-2H3/t19-,21-/m1/s1. The maximum Gasteiger partial charge on any atom is 0.122 e. The van der Waals surface area contributed by atoms with Gasteiger partial charge in [0.2, 0.25) is 0 Å². The molecule has 0 radical (unpaired) electrons. The second kappa shape index (κ2) is 8.32. The SMILES string of the molecule is Cc1ccccc1OCCCN[C@@H]1CCN(C)[C@@H]1c1ccccc1. The fraction of sp³-hybridized carbons (Fsp3) is 0.429. The highest BCUT2D eigenvalue weighted by molar-refractivity contribution is 5.31. The molecule has 1 aliphatic rings. The van der Waals surface area contributed by atoms with Crippen molar-refractivity contribution in [3.8, 4) is 5.75 Å². The molecule has 2 aromatic carbocycles. The van der Waals surface area contributed by atoms with Crippen LogP contribution >= 0.6 is 0 Å². The van der Waals surface area contributed by atoms with Crippen molar-refractivity contribution in [1.82, 2.24) is 10.2 Å². The van der Waals surface area contributed by atoms with E-state index in [2.05, 4.69) is 60.6 Å². The molecule has 0 aliphatic carbocycles. The number of nitrogens with one attached hydrogen (secondary N) is 1. The Kier molecular flexibility index (Phi) is 5.89. The van der Waals surface area contributed by atoms with Gasteiger partial charge in [-0.3, -0.25) is 4.90 Å². The second-order valence-electron chi connectivity index (χ2n) is 6.65. The number of likely N-dealkylation sites (N-methyl/N-ethyl adjacent to an activating group) is 1. The van der Waals surface area contributed by atoms with Crippen molar-refractivity contribution in [2.45, 2.75) is 31.8 Å². The predicted octanol–water partition coefficient (Wildman–Crippen LogP) is 3.80. The van der Waals surface area contributed by atoms with Crippen molar-refractivity contribution in [3.63, 3.8) is 0 Å². The van der Waals surface area contributed by atoms with Gasteiger partial charge in [-0.25, -0.2) is 0 Å². The average molecular weight is 324 g/mol. The molecule has 1 saturated heterocycles. The summed E-state index contributed by atoms with van der Waals surface area (Å²) in [6.07, 6.45) is 2.23. The minimum absolute atomic E-state index is 0.475. The van der Waals surface area contributed by atoms with Crippen LogP contribution in [0.4, 0.5) is 0 Å². The Morgan fingerprint density at radius 1 is 1.08 bits per heavy atom. The largest absolute Gasteiger partial charge is 0.493 e. The third kappa shape index (κ3) is 4.16. The molecule has 0 aromatic heterocycles. The summed E-state index contributed by atoms with van der Waals surface area (Å²) >= 11 is 0. The average Bonchev–Trinajstić information content (AvgIpc) is 2.97. The van der Waals surface area contributed by atoms with Crippen LogP contribution in [0, 0.1) is 6.92 Å². The molecule has 0 saturated carbocycles. The van der Waals surface area contributed by atoms with Crippen LogP contribution in [0.15, 0.2) is 54.6 Å². The van der Waals surface area contributed by atoms with E-state index >= 15 is 0 Å². The second-order valence-corrected chi connectivity index (χ2v) is 6.65. The fourth-order valence-electron chi connectivity index (χ4n) is 3.56. The summed E-state index contributed by atoms with van der Waals surface area (Å²) in [5, 5.41) is 3.74. The highest BCUT2D eigenvalue weighted by Crippen LogP contribution is 2.30. The molecular formula is C21H28N2O. The number of benzene rings is 2. The van der Waals surface area contributed by atoms with Gasteiger partial charge in [-0.15, -0.1) is 0 Å². The normalized spacial score (nSPS) is 21.1. The van der Waals surface area contributed by atoms with E-state index in [1.807, 2.05) is 18.2 Å².